The van der Waals surface area contributed by atoms with E-state index in [0.717, 1.165) is 29.9 Å². The number of nitrogens with one attached hydrogen (secondary N) is 1. The topological polar surface area (TPSA) is 56.2 Å². The van der Waals surface area contributed by atoms with Crippen LogP contribution in [0.2, 0.25) is 0 Å². The van der Waals surface area contributed by atoms with Crippen molar-refractivity contribution in [2.24, 2.45) is 23.2 Å². The van der Waals surface area contributed by atoms with Crippen molar-refractivity contribution in [1.82, 2.24) is 15.1 Å². The van der Waals surface area contributed by atoms with Crippen LogP contribution in [0.3, 0.4) is 0 Å². The van der Waals surface area contributed by atoms with Crippen molar-refractivity contribution in [3.63, 3.8) is 0 Å². The average molecular weight is 433 g/mol. The van der Waals surface area contributed by atoms with Gasteiger partial charge in [-0.1, -0.05) is 6.07 Å². The molecule has 4 aliphatic carbocycles. The normalized spacial score (nSPS) is 29.2. The Balaban J connectivity index is 1.16. The summed E-state index contributed by atoms with van der Waals surface area (Å²) in [5.41, 5.74) is -0.230. The summed E-state index contributed by atoms with van der Waals surface area (Å²) in [5.74, 6) is 2.37. The highest BCUT2D eigenvalue weighted by Gasteiger charge is 2.50. The molecule has 2 aromatic rings. The van der Waals surface area contributed by atoms with Gasteiger partial charge in [-0.2, -0.15) is 18.3 Å². The van der Waals surface area contributed by atoms with Crippen molar-refractivity contribution >= 4 is 5.91 Å². The Kier molecular flexibility index (Phi) is 4.98. The van der Waals surface area contributed by atoms with Crippen molar-refractivity contribution in [2.45, 2.75) is 51.4 Å². The van der Waals surface area contributed by atoms with Crippen LogP contribution in [-0.2, 0) is 12.9 Å². The monoisotopic (exact) mass is 433 g/mol. The largest absolute Gasteiger partial charge is 0.471 e. The lowest BCUT2D eigenvalue weighted by Gasteiger charge is -2.56. The highest BCUT2D eigenvalue weighted by Crippen LogP contribution is 2.59. The lowest BCUT2D eigenvalue weighted by Crippen LogP contribution is -2.51. The molecule has 166 valence electrons. The van der Waals surface area contributed by atoms with E-state index in [4.69, 9.17) is 4.74 Å². The molecule has 0 spiro atoms. The molecule has 4 aliphatic rings. The number of hydrogen-bond donors (Lipinski definition) is 1. The molecule has 0 atom stereocenters. The van der Waals surface area contributed by atoms with Crippen LogP contribution in [0.25, 0.3) is 0 Å². The van der Waals surface area contributed by atoms with Crippen LogP contribution in [0.4, 0.5) is 13.2 Å². The summed E-state index contributed by atoms with van der Waals surface area (Å²) in [6.45, 7) is 0.618. The quantitative estimate of drug-likeness (QED) is 0.706. The van der Waals surface area contributed by atoms with E-state index in [9.17, 15) is 18.0 Å². The van der Waals surface area contributed by atoms with Gasteiger partial charge in [0.1, 0.15) is 11.4 Å². The van der Waals surface area contributed by atoms with Gasteiger partial charge in [0.2, 0.25) is 0 Å². The number of ether oxygens (including phenoxy) is 1. The van der Waals surface area contributed by atoms with Gasteiger partial charge in [0, 0.05) is 12.7 Å². The zero-order valence-corrected chi connectivity index (χ0v) is 17.2. The number of aromatic nitrogens is 2. The van der Waals surface area contributed by atoms with Crippen molar-refractivity contribution in [2.75, 3.05) is 6.54 Å². The first-order chi connectivity index (χ1) is 14.8. The van der Waals surface area contributed by atoms with Crippen molar-refractivity contribution in [3.8, 4) is 5.75 Å². The first-order valence-corrected chi connectivity index (χ1v) is 10.9. The lowest BCUT2D eigenvalue weighted by molar-refractivity contribution is -0.137. The zero-order chi connectivity index (χ0) is 21.6. The fourth-order valence-corrected chi connectivity index (χ4v) is 6.32. The van der Waals surface area contributed by atoms with E-state index in [1.165, 1.54) is 55.3 Å². The molecule has 1 N–H and O–H groups in total. The van der Waals surface area contributed by atoms with Crippen LogP contribution >= 0.6 is 0 Å². The highest BCUT2D eigenvalue weighted by atomic mass is 19.4. The van der Waals surface area contributed by atoms with E-state index in [0.29, 0.717) is 6.54 Å². The van der Waals surface area contributed by atoms with Gasteiger partial charge in [-0.3, -0.25) is 4.79 Å². The zero-order valence-electron chi connectivity index (χ0n) is 17.2. The average Bonchev–Trinajstić information content (AvgIpc) is 3.18. The SMILES string of the molecule is O=C(NCC12CC3CC(CC(C3)C1)C2)c1ccn(COc2cccc(C(F)(F)F)c2)n1. The molecule has 8 heteroatoms. The molecule has 0 aliphatic heterocycles. The highest BCUT2D eigenvalue weighted by molar-refractivity contribution is 5.92. The standard InChI is InChI=1S/C23H26F3N3O2/c24-23(25,26)18-2-1-3-19(9-18)31-14-29-5-4-20(28-29)21(30)27-13-22-10-15-6-16(11-22)8-17(7-15)12-22/h1-5,9,15-17H,6-8,10-14H2,(H,27,30). The summed E-state index contributed by atoms with van der Waals surface area (Å²) in [7, 11) is 0. The molecule has 4 bridgehead atoms. The number of carbonyl (C=O) groups is 1. The molecule has 0 radical (unpaired) electrons. The molecule has 0 saturated heterocycles. The van der Waals surface area contributed by atoms with Gasteiger partial charge in [-0.25, -0.2) is 4.68 Å². The molecule has 4 saturated carbocycles. The molecular formula is C23H26F3N3O2. The minimum atomic E-state index is -4.42. The summed E-state index contributed by atoms with van der Waals surface area (Å²) >= 11 is 0. The van der Waals surface area contributed by atoms with Crippen molar-refractivity contribution in [1.29, 1.82) is 0 Å². The van der Waals surface area contributed by atoms with Gasteiger partial charge in [0.25, 0.3) is 5.91 Å². The maximum atomic E-state index is 12.8. The molecule has 1 amide bonds. The third-order valence-corrected chi connectivity index (χ3v) is 7.19. The van der Waals surface area contributed by atoms with Crippen LogP contribution in [0.1, 0.15) is 54.6 Å². The van der Waals surface area contributed by atoms with Crippen LogP contribution in [-0.4, -0.2) is 22.2 Å². The number of hydrogen-bond acceptors (Lipinski definition) is 3. The van der Waals surface area contributed by atoms with Gasteiger partial charge in [0.15, 0.2) is 6.73 Å². The molecule has 6 rings (SSSR count). The molecule has 1 aromatic carbocycles. The van der Waals surface area contributed by atoms with Gasteiger partial charge >= 0.3 is 6.18 Å². The maximum absolute atomic E-state index is 12.8. The van der Waals surface area contributed by atoms with E-state index < -0.39 is 11.7 Å². The number of rotatable bonds is 6. The molecule has 1 aromatic heterocycles. The number of carbonyl (C=O) groups excluding carboxylic acids is 1. The second kappa shape index (κ2) is 7.57. The summed E-state index contributed by atoms with van der Waals surface area (Å²) in [6, 6.07) is 6.29. The Bertz CT molecular complexity index is 934. The van der Waals surface area contributed by atoms with E-state index in [1.807, 2.05) is 0 Å². The third kappa shape index (κ3) is 4.29. The number of halogens is 3. The summed E-state index contributed by atoms with van der Waals surface area (Å²) < 4.78 is 45.3. The van der Waals surface area contributed by atoms with E-state index in [2.05, 4.69) is 10.4 Å². The van der Waals surface area contributed by atoms with E-state index >= 15 is 0 Å². The second-order valence-corrected chi connectivity index (χ2v) is 9.64. The van der Waals surface area contributed by atoms with Gasteiger partial charge in [-0.05, 0) is 86.0 Å². The first kappa shape index (κ1) is 20.4. The van der Waals surface area contributed by atoms with Gasteiger partial charge < -0.3 is 10.1 Å². The first-order valence-electron chi connectivity index (χ1n) is 10.9. The van der Waals surface area contributed by atoms with E-state index in [-0.39, 0.29) is 29.5 Å². The van der Waals surface area contributed by atoms with Gasteiger partial charge in [-0.15, -0.1) is 0 Å². The predicted octanol–water partition coefficient (Wildman–Crippen LogP) is 4.88. The van der Waals surface area contributed by atoms with Crippen molar-refractivity contribution < 1.29 is 22.7 Å². The number of alkyl halides is 3. The summed E-state index contributed by atoms with van der Waals surface area (Å²) in [6.07, 6.45) is 4.92. The van der Waals surface area contributed by atoms with Crippen LogP contribution in [0.15, 0.2) is 36.5 Å². The molecule has 31 heavy (non-hydrogen) atoms. The molecule has 1 heterocycles. The Hall–Kier alpha value is -2.51. The second-order valence-electron chi connectivity index (χ2n) is 9.64. The molecule has 0 unspecified atom stereocenters. The van der Waals surface area contributed by atoms with Crippen LogP contribution < -0.4 is 10.1 Å². The predicted molar refractivity (Wildman–Crippen MR) is 107 cm³/mol. The Morgan fingerprint density at radius 3 is 2.45 bits per heavy atom. The van der Waals surface area contributed by atoms with Crippen LogP contribution in [0, 0.1) is 23.2 Å². The third-order valence-electron chi connectivity index (χ3n) is 7.19. The Morgan fingerprint density at radius 1 is 1.13 bits per heavy atom. The Labute approximate surface area is 179 Å². The number of amides is 1. The summed E-state index contributed by atoms with van der Waals surface area (Å²) in [4.78, 5) is 12.6. The fraction of sp³-hybridized carbons (Fsp3) is 0.565. The number of benzene rings is 1. The molecule has 4 fully saturated rings. The van der Waals surface area contributed by atoms with Crippen molar-refractivity contribution in [3.05, 3.63) is 47.8 Å². The minimum absolute atomic E-state index is 0.0798. The molecule has 5 nitrogen and oxygen atoms in total. The summed E-state index contributed by atoms with van der Waals surface area (Å²) in [5, 5.41) is 7.31. The maximum Gasteiger partial charge on any atom is 0.416 e. The fourth-order valence-electron chi connectivity index (χ4n) is 6.32. The van der Waals surface area contributed by atoms with Gasteiger partial charge in [0.05, 0.1) is 5.56 Å². The molecular weight excluding hydrogens is 407 g/mol. The smallest absolute Gasteiger partial charge is 0.416 e. The minimum Gasteiger partial charge on any atom is -0.471 e. The number of nitrogens with zero attached hydrogens (tertiary/aromatic N) is 2. The Morgan fingerprint density at radius 2 is 1.81 bits per heavy atom. The van der Waals surface area contributed by atoms with Crippen LogP contribution in [0.5, 0.6) is 5.75 Å². The van der Waals surface area contributed by atoms with E-state index in [1.54, 1.807) is 12.3 Å². The lowest BCUT2D eigenvalue weighted by atomic mass is 9.49.